The van der Waals surface area contributed by atoms with Gasteiger partial charge in [0.1, 0.15) is 5.82 Å². The highest BCUT2D eigenvalue weighted by Gasteiger charge is 2.18. The molecule has 0 bridgehead atoms. The average Bonchev–Trinajstić information content (AvgIpc) is 2.82. The molecule has 1 atom stereocenters. The lowest BCUT2D eigenvalue weighted by molar-refractivity contribution is 0.396. The van der Waals surface area contributed by atoms with E-state index in [2.05, 4.69) is 27.2 Å². The predicted molar refractivity (Wildman–Crippen MR) is 75.1 cm³/mol. The number of rotatable bonds is 3. The lowest BCUT2D eigenvalue weighted by Gasteiger charge is -2.12. The fourth-order valence-electron chi connectivity index (χ4n) is 2.56. The van der Waals surface area contributed by atoms with Crippen molar-refractivity contribution in [2.75, 3.05) is 20.1 Å². The zero-order valence-corrected chi connectivity index (χ0v) is 11.0. The lowest BCUT2D eigenvalue weighted by Crippen LogP contribution is -2.32. The summed E-state index contributed by atoms with van der Waals surface area (Å²) in [6, 6.07) is 7.91. The van der Waals surface area contributed by atoms with Crippen LogP contribution in [0.4, 0.5) is 0 Å². The van der Waals surface area contributed by atoms with Crippen LogP contribution in [0.1, 0.15) is 12.2 Å². The van der Waals surface area contributed by atoms with Crippen LogP contribution in [0.25, 0.3) is 10.9 Å². The lowest BCUT2D eigenvalue weighted by atomic mass is 10.2. The molecule has 19 heavy (non-hydrogen) atoms. The van der Waals surface area contributed by atoms with E-state index < -0.39 is 0 Å². The molecular weight excluding hydrogens is 240 g/mol. The molecule has 1 fully saturated rings. The molecular formula is C14H18N4O. The Bertz CT molecular complexity index is 637. The number of benzene rings is 1. The van der Waals surface area contributed by atoms with Crippen molar-refractivity contribution in [2.45, 2.75) is 19.0 Å². The van der Waals surface area contributed by atoms with Crippen molar-refractivity contribution in [1.82, 2.24) is 20.2 Å². The van der Waals surface area contributed by atoms with Gasteiger partial charge in [-0.25, -0.2) is 4.98 Å². The molecule has 1 aliphatic heterocycles. The van der Waals surface area contributed by atoms with Gasteiger partial charge in [-0.15, -0.1) is 0 Å². The molecule has 1 aromatic carbocycles. The molecule has 1 aromatic heterocycles. The Morgan fingerprint density at radius 3 is 3.11 bits per heavy atom. The zero-order valence-electron chi connectivity index (χ0n) is 11.0. The normalized spacial score (nSPS) is 20.2. The Kier molecular flexibility index (Phi) is 3.31. The van der Waals surface area contributed by atoms with Gasteiger partial charge >= 0.3 is 0 Å². The number of para-hydroxylation sites is 1. The van der Waals surface area contributed by atoms with Gasteiger partial charge in [0, 0.05) is 12.6 Å². The van der Waals surface area contributed by atoms with Crippen LogP contribution in [0.2, 0.25) is 0 Å². The number of hydrogen-bond acceptors (Lipinski definition) is 4. The van der Waals surface area contributed by atoms with Crippen LogP contribution < -0.4 is 10.9 Å². The van der Waals surface area contributed by atoms with E-state index in [-0.39, 0.29) is 5.56 Å². The van der Waals surface area contributed by atoms with Crippen molar-refractivity contribution in [3.05, 3.63) is 40.4 Å². The van der Waals surface area contributed by atoms with Crippen LogP contribution >= 0.6 is 0 Å². The fraction of sp³-hybridized carbons (Fsp3) is 0.429. The van der Waals surface area contributed by atoms with Gasteiger partial charge in [0.25, 0.3) is 5.56 Å². The quantitative estimate of drug-likeness (QED) is 0.851. The number of likely N-dealkylation sites (N-methyl/N-ethyl adjacent to an activating group) is 1. The number of aromatic nitrogens is 2. The highest BCUT2D eigenvalue weighted by Crippen LogP contribution is 2.08. The number of aromatic amines is 1. The van der Waals surface area contributed by atoms with Gasteiger partial charge in [0.15, 0.2) is 0 Å². The Labute approximate surface area is 111 Å². The SMILES string of the molecule is CN1CCC(NCc2nc3ccccc3c(=O)[nH]2)C1. The third-order valence-electron chi connectivity index (χ3n) is 3.61. The first-order valence-corrected chi connectivity index (χ1v) is 6.62. The molecule has 0 aliphatic carbocycles. The molecule has 0 spiro atoms. The number of H-pyrrole nitrogens is 1. The summed E-state index contributed by atoms with van der Waals surface area (Å²) in [4.78, 5) is 21.5. The topological polar surface area (TPSA) is 61.0 Å². The third-order valence-corrected chi connectivity index (χ3v) is 3.61. The largest absolute Gasteiger partial charge is 0.309 e. The summed E-state index contributed by atoms with van der Waals surface area (Å²) in [5, 5.41) is 4.09. The first-order valence-electron chi connectivity index (χ1n) is 6.62. The number of nitrogens with zero attached hydrogens (tertiary/aromatic N) is 2. The van der Waals surface area contributed by atoms with E-state index in [4.69, 9.17) is 0 Å². The number of nitrogens with one attached hydrogen (secondary N) is 2. The van der Waals surface area contributed by atoms with Gasteiger partial charge < -0.3 is 15.2 Å². The highest BCUT2D eigenvalue weighted by molar-refractivity contribution is 5.77. The minimum atomic E-state index is -0.0639. The van der Waals surface area contributed by atoms with Gasteiger partial charge in [-0.05, 0) is 32.1 Å². The van der Waals surface area contributed by atoms with Gasteiger partial charge in [0.05, 0.1) is 17.4 Å². The first-order chi connectivity index (χ1) is 9.22. The van der Waals surface area contributed by atoms with Gasteiger partial charge in [-0.3, -0.25) is 4.79 Å². The summed E-state index contributed by atoms with van der Waals surface area (Å²) in [6.07, 6.45) is 1.15. The van der Waals surface area contributed by atoms with E-state index in [1.54, 1.807) is 6.07 Å². The Morgan fingerprint density at radius 1 is 1.47 bits per heavy atom. The Balaban J connectivity index is 1.76. The molecule has 0 amide bonds. The van der Waals surface area contributed by atoms with Crippen molar-refractivity contribution in [3.63, 3.8) is 0 Å². The van der Waals surface area contributed by atoms with Crippen LogP contribution in [0.3, 0.4) is 0 Å². The highest BCUT2D eigenvalue weighted by atomic mass is 16.1. The number of fused-ring (bicyclic) bond motifs is 1. The van der Waals surface area contributed by atoms with E-state index in [9.17, 15) is 4.79 Å². The molecule has 0 saturated carbocycles. The Morgan fingerprint density at radius 2 is 2.32 bits per heavy atom. The molecule has 2 aromatic rings. The second-order valence-electron chi connectivity index (χ2n) is 5.16. The minimum absolute atomic E-state index is 0.0639. The maximum Gasteiger partial charge on any atom is 0.258 e. The van der Waals surface area contributed by atoms with Crippen LogP contribution in [-0.2, 0) is 6.54 Å². The number of likely N-dealkylation sites (tertiary alicyclic amines) is 1. The van der Waals surface area contributed by atoms with Crippen molar-refractivity contribution in [2.24, 2.45) is 0 Å². The zero-order chi connectivity index (χ0) is 13.2. The van der Waals surface area contributed by atoms with E-state index in [0.29, 0.717) is 23.8 Å². The van der Waals surface area contributed by atoms with Crippen LogP contribution in [-0.4, -0.2) is 41.0 Å². The van der Waals surface area contributed by atoms with E-state index >= 15 is 0 Å². The fourth-order valence-corrected chi connectivity index (χ4v) is 2.56. The predicted octanol–water partition coefficient (Wildman–Crippen LogP) is 0.717. The minimum Gasteiger partial charge on any atom is -0.309 e. The average molecular weight is 258 g/mol. The summed E-state index contributed by atoms with van der Waals surface area (Å²) in [5.41, 5.74) is 0.692. The summed E-state index contributed by atoms with van der Waals surface area (Å²) >= 11 is 0. The molecule has 3 rings (SSSR count). The maximum atomic E-state index is 11.9. The van der Waals surface area contributed by atoms with E-state index in [1.165, 1.54) is 0 Å². The molecule has 1 unspecified atom stereocenters. The maximum absolute atomic E-state index is 11.9. The van der Waals surface area contributed by atoms with Crippen molar-refractivity contribution in [3.8, 4) is 0 Å². The monoisotopic (exact) mass is 258 g/mol. The van der Waals surface area contributed by atoms with Crippen LogP contribution in [0, 0.1) is 0 Å². The summed E-state index contributed by atoms with van der Waals surface area (Å²) in [7, 11) is 2.12. The van der Waals surface area contributed by atoms with Crippen LogP contribution in [0.15, 0.2) is 29.1 Å². The molecule has 2 heterocycles. The smallest absolute Gasteiger partial charge is 0.258 e. The first kappa shape index (κ1) is 12.3. The van der Waals surface area contributed by atoms with Crippen molar-refractivity contribution in [1.29, 1.82) is 0 Å². The second-order valence-corrected chi connectivity index (χ2v) is 5.16. The molecule has 0 radical (unpaired) electrons. The molecule has 1 aliphatic rings. The molecule has 5 heteroatoms. The third kappa shape index (κ3) is 2.67. The molecule has 2 N–H and O–H groups in total. The summed E-state index contributed by atoms with van der Waals surface area (Å²) in [5.74, 6) is 0.707. The molecule has 100 valence electrons. The summed E-state index contributed by atoms with van der Waals surface area (Å²) in [6.45, 7) is 2.79. The van der Waals surface area contributed by atoms with Gasteiger partial charge in [-0.1, -0.05) is 12.1 Å². The van der Waals surface area contributed by atoms with Gasteiger partial charge in [-0.2, -0.15) is 0 Å². The number of hydrogen-bond donors (Lipinski definition) is 2. The van der Waals surface area contributed by atoms with Gasteiger partial charge in [0.2, 0.25) is 0 Å². The summed E-state index contributed by atoms with van der Waals surface area (Å²) < 4.78 is 0. The Hall–Kier alpha value is -1.72. The van der Waals surface area contributed by atoms with E-state index in [0.717, 1.165) is 25.0 Å². The van der Waals surface area contributed by atoms with Crippen LogP contribution in [0.5, 0.6) is 0 Å². The molecule has 1 saturated heterocycles. The van der Waals surface area contributed by atoms with Crippen molar-refractivity contribution < 1.29 is 0 Å². The van der Waals surface area contributed by atoms with Crippen molar-refractivity contribution >= 4 is 10.9 Å². The van der Waals surface area contributed by atoms with E-state index in [1.807, 2.05) is 18.2 Å². The molecule has 5 nitrogen and oxygen atoms in total. The standard InChI is InChI=1S/C14H18N4O/c1-18-7-6-10(9-18)15-8-13-16-12-5-3-2-4-11(12)14(19)17-13/h2-5,10,15H,6-9H2,1H3,(H,16,17,19). The second kappa shape index (κ2) is 5.11.